The normalized spacial score (nSPS) is 11.5. The van der Waals surface area contributed by atoms with Gasteiger partial charge in [0.2, 0.25) is 5.91 Å². The zero-order chi connectivity index (χ0) is 19.1. The molecule has 0 aromatic heterocycles. The molecule has 0 saturated heterocycles. The summed E-state index contributed by atoms with van der Waals surface area (Å²) in [6.45, 7) is 2.34. The molecule has 2 rings (SSSR count). The Kier molecular flexibility index (Phi) is 7.30. The van der Waals surface area contributed by atoms with E-state index in [0.717, 1.165) is 0 Å². The van der Waals surface area contributed by atoms with Crippen LogP contribution in [0.5, 0.6) is 5.75 Å². The number of hydrogen-bond acceptors (Lipinski definition) is 3. The quantitative estimate of drug-likeness (QED) is 0.779. The Balaban J connectivity index is 1.82. The number of amides is 2. The van der Waals surface area contributed by atoms with Gasteiger partial charge in [0.15, 0.2) is 0 Å². The summed E-state index contributed by atoms with van der Waals surface area (Å²) in [5.41, 5.74) is 0.336. The van der Waals surface area contributed by atoms with Crippen LogP contribution < -0.4 is 10.1 Å². The molecule has 0 radical (unpaired) electrons. The summed E-state index contributed by atoms with van der Waals surface area (Å²) in [4.78, 5) is 26.1. The van der Waals surface area contributed by atoms with E-state index in [1.54, 1.807) is 62.5 Å². The first kappa shape index (κ1) is 20.1. The van der Waals surface area contributed by atoms with Crippen LogP contribution in [0.4, 0.5) is 0 Å². The summed E-state index contributed by atoms with van der Waals surface area (Å²) < 4.78 is 5.57. The van der Waals surface area contributed by atoms with E-state index >= 15 is 0 Å². The lowest BCUT2D eigenvalue weighted by Crippen LogP contribution is -2.46. The van der Waals surface area contributed by atoms with Gasteiger partial charge < -0.3 is 15.0 Å². The van der Waals surface area contributed by atoms with Crippen LogP contribution in [0.2, 0.25) is 10.0 Å². The fraction of sp³-hybridized carbons (Fsp3) is 0.263. The van der Waals surface area contributed by atoms with Gasteiger partial charge in [0, 0.05) is 12.1 Å². The molecule has 0 bridgehead atoms. The second kappa shape index (κ2) is 9.46. The topological polar surface area (TPSA) is 58.6 Å². The summed E-state index contributed by atoms with van der Waals surface area (Å²) in [7, 11) is 1.66. The third kappa shape index (κ3) is 5.64. The first-order valence-electron chi connectivity index (χ1n) is 8.07. The van der Waals surface area contributed by atoms with Crippen molar-refractivity contribution in [3.63, 3.8) is 0 Å². The highest BCUT2D eigenvalue weighted by atomic mass is 35.5. The van der Waals surface area contributed by atoms with Gasteiger partial charge in [-0.1, -0.05) is 35.3 Å². The van der Waals surface area contributed by atoms with Crippen molar-refractivity contribution in [2.75, 3.05) is 20.2 Å². The molecule has 0 aliphatic heterocycles. The first-order chi connectivity index (χ1) is 12.4. The standard InChI is InChI=1S/C19H20Cl2N2O3/c1-13(22-18(24)16-5-3-4-6-17(16)21)19(25)23(2)11-12-26-15-9-7-14(20)8-10-15/h3-10,13H,11-12H2,1-2H3,(H,22,24). The summed E-state index contributed by atoms with van der Waals surface area (Å²) in [5, 5.41) is 3.64. The minimum absolute atomic E-state index is 0.217. The highest BCUT2D eigenvalue weighted by Crippen LogP contribution is 2.16. The number of hydrogen-bond donors (Lipinski definition) is 1. The first-order valence-corrected chi connectivity index (χ1v) is 8.83. The third-order valence-electron chi connectivity index (χ3n) is 3.72. The number of carbonyl (C=O) groups excluding carboxylic acids is 2. The van der Waals surface area contributed by atoms with Gasteiger partial charge in [-0.05, 0) is 43.3 Å². The Morgan fingerprint density at radius 3 is 2.42 bits per heavy atom. The number of benzene rings is 2. The van der Waals surface area contributed by atoms with Crippen LogP contribution in [-0.4, -0.2) is 43.0 Å². The predicted molar refractivity (Wildman–Crippen MR) is 103 cm³/mol. The van der Waals surface area contributed by atoms with E-state index in [0.29, 0.717) is 34.5 Å². The highest BCUT2D eigenvalue weighted by molar-refractivity contribution is 6.33. The molecule has 138 valence electrons. The lowest BCUT2D eigenvalue weighted by atomic mass is 10.2. The van der Waals surface area contributed by atoms with Crippen molar-refractivity contribution in [3.05, 3.63) is 64.1 Å². The predicted octanol–water partition coefficient (Wildman–Crippen LogP) is 3.65. The molecule has 1 unspecified atom stereocenters. The molecule has 26 heavy (non-hydrogen) atoms. The number of carbonyl (C=O) groups is 2. The molecular weight excluding hydrogens is 375 g/mol. The molecule has 5 nitrogen and oxygen atoms in total. The van der Waals surface area contributed by atoms with E-state index in [-0.39, 0.29) is 11.8 Å². The lowest BCUT2D eigenvalue weighted by molar-refractivity contribution is -0.131. The van der Waals surface area contributed by atoms with E-state index < -0.39 is 6.04 Å². The van der Waals surface area contributed by atoms with E-state index in [1.165, 1.54) is 4.90 Å². The SMILES string of the molecule is CC(NC(=O)c1ccccc1Cl)C(=O)N(C)CCOc1ccc(Cl)cc1. The summed E-state index contributed by atoms with van der Waals surface area (Å²) in [6, 6.07) is 13.0. The molecule has 0 saturated carbocycles. The molecule has 1 atom stereocenters. The van der Waals surface area contributed by atoms with Crippen molar-refractivity contribution in [2.45, 2.75) is 13.0 Å². The van der Waals surface area contributed by atoms with Crippen LogP contribution >= 0.6 is 23.2 Å². The lowest BCUT2D eigenvalue weighted by Gasteiger charge is -2.22. The number of rotatable bonds is 7. The maximum absolute atomic E-state index is 12.4. The third-order valence-corrected chi connectivity index (χ3v) is 4.30. The molecule has 2 amide bonds. The Labute approximate surface area is 162 Å². The molecule has 7 heteroatoms. The zero-order valence-corrected chi connectivity index (χ0v) is 16.1. The zero-order valence-electron chi connectivity index (χ0n) is 14.5. The Hall–Kier alpha value is -2.24. The van der Waals surface area contributed by atoms with Crippen molar-refractivity contribution in [2.24, 2.45) is 0 Å². The van der Waals surface area contributed by atoms with E-state index in [1.807, 2.05) is 0 Å². The molecule has 0 spiro atoms. The number of likely N-dealkylation sites (N-methyl/N-ethyl adjacent to an activating group) is 1. The maximum atomic E-state index is 12.4. The molecule has 2 aromatic rings. The van der Waals surface area contributed by atoms with E-state index in [4.69, 9.17) is 27.9 Å². The number of nitrogens with zero attached hydrogens (tertiary/aromatic N) is 1. The largest absolute Gasteiger partial charge is 0.492 e. The van der Waals surface area contributed by atoms with Crippen molar-refractivity contribution >= 4 is 35.0 Å². The van der Waals surface area contributed by atoms with Gasteiger partial charge in [-0.25, -0.2) is 0 Å². The van der Waals surface area contributed by atoms with Crippen LogP contribution in [-0.2, 0) is 4.79 Å². The van der Waals surface area contributed by atoms with Gasteiger partial charge in [-0.3, -0.25) is 9.59 Å². The summed E-state index contributed by atoms with van der Waals surface area (Å²) >= 11 is 11.8. The summed E-state index contributed by atoms with van der Waals surface area (Å²) in [5.74, 6) is 0.0719. The Morgan fingerprint density at radius 1 is 1.12 bits per heavy atom. The van der Waals surface area contributed by atoms with Crippen molar-refractivity contribution < 1.29 is 14.3 Å². The molecule has 1 N–H and O–H groups in total. The fourth-order valence-corrected chi connectivity index (χ4v) is 2.60. The fourth-order valence-electron chi connectivity index (χ4n) is 2.25. The van der Waals surface area contributed by atoms with Crippen LogP contribution in [0.25, 0.3) is 0 Å². The molecule has 0 aliphatic carbocycles. The van der Waals surface area contributed by atoms with Crippen LogP contribution in [0.3, 0.4) is 0 Å². The van der Waals surface area contributed by atoms with Crippen molar-refractivity contribution in [3.8, 4) is 5.75 Å². The minimum Gasteiger partial charge on any atom is -0.492 e. The van der Waals surface area contributed by atoms with Gasteiger partial charge in [-0.2, -0.15) is 0 Å². The van der Waals surface area contributed by atoms with Gasteiger partial charge in [-0.15, -0.1) is 0 Å². The van der Waals surface area contributed by atoms with Crippen LogP contribution in [0.1, 0.15) is 17.3 Å². The Morgan fingerprint density at radius 2 is 1.77 bits per heavy atom. The molecule has 0 aliphatic rings. The Bertz CT molecular complexity index is 766. The number of ether oxygens (including phenoxy) is 1. The second-order valence-electron chi connectivity index (χ2n) is 5.74. The minimum atomic E-state index is -0.681. The molecule has 0 heterocycles. The van der Waals surface area contributed by atoms with Crippen LogP contribution in [0, 0.1) is 0 Å². The molecule has 0 fully saturated rings. The highest BCUT2D eigenvalue weighted by Gasteiger charge is 2.21. The van der Waals surface area contributed by atoms with E-state index in [9.17, 15) is 9.59 Å². The van der Waals surface area contributed by atoms with Crippen molar-refractivity contribution in [1.82, 2.24) is 10.2 Å². The van der Waals surface area contributed by atoms with Gasteiger partial charge >= 0.3 is 0 Å². The van der Waals surface area contributed by atoms with Gasteiger partial charge in [0.1, 0.15) is 18.4 Å². The monoisotopic (exact) mass is 394 g/mol. The average molecular weight is 395 g/mol. The maximum Gasteiger partial charge on any atom is 0.253 e. The molecule has 2 aromatic carbocycles. The van der Waals surface area contributed by atoms with Gasteiger partial charge in [0.25, 0.3) is 5.91 Å². The van der Waals surface area contributed by atoms with E-state index in [2.05, 4.69) is 5.32 Å². The number of nitrogens with one attached hydrogen (secondary N) is 1. The molecular formula is C19H20Cl2N2O3. The van der Waals surface area contributed by atoms with Gasteiger partial charge in [0.05, 0.1) is 17.1 Å². The smallest absolute Gasteiger partial charge is 0.253 e. The van der Waals surface area contributed by atoms with Crippen molar-refractivity contribution in [1.29, 1.82) is 0 Å². The average Bonchev–Trinajstić information content (AvgIpc) is 2.62. The number of halogens is 2. The second-order valence-corrected chi connectivity index (χ2v) is 6.58. The summed E-state index contributed by atoms with van der Waals surface area (Å²) in [6.07, 6.45) is 0. The van der Waals surface area contributed by atoms with Crippen LogP contribution in [0.15, 0.2) is 48.5 Å².